The van der Waals surface area contributed by atoms with Crippen molar-refractivity contribution in [3.63, 3.8) is 0 Å². The quantitative estimate of drug-likeness (QED) is 0.851. The van der Waals surface area contributed by atoms with Crippen LogP contribution in [0.3, 0.4) is 0 Å². The van der Waals surface area contributed by atoms with Gasteiger partial charge in [0.1, 0.15) is 5.82 Å². The van der Waals surface area contributed by atoms with Crippen LogP contribution in [-0.4, -0.2) is 11.1 Å². The molecule has 0 amide bonds. The molecule has 3 atom stereocenters. The third-order valence-corrected chi connectivity index (χ3v) is 4.29. The van der Waals surface area contributed by atoms with Gasteiger partial charge >= 0.3 is 6.04 Å². The van der Waals surface area contributed by atoms with E-state index in [-0.39, 0.29) is 5.56 Å². The Kier molecular flexibility index (Phi) is 4.68. The van der Waals surface area contributed by atoms with Crippen molar-refractivity contribution in [1.29, 1.82) is 0 Å². The van der Waals surface area contributed by atoms with Gasteiger partial charge in [-0.15, -0.1) is 0 Å². The molecular formula is C14H15BrF2O2. The first-order valence-electron chi connectivity index (χ1n) is 6.33. The first kappa shape index (κ1) is 14.6. The molecule has 0 aromatic heterocycles. The first-order chi connectivity index (χ1) is 9.00. The minimum atomic E-state index is -1.40. The molecule has 2 rings (SSSR count). The van der Waals surface area contributed by atoms with E-state index in [0.717, 1.165) is 12.8 Å². The van der Waals surface area contributed by atoms with E-state index in [1.54, 1.807) is 6.07 Å². The lowest BCUT2D eigenvalue weighted by Gasteiger charge is -2.32. The smallest absolute Gasteiger partial charge is 0.304 e. The molecule has 2 nitrogen and oxygen atoms in total. The van der Waals surface area contributed by atoms with Crippen LogP contribution in [0.25, 0.3) is 0 Å². The van der Waals surface area contributed by atoms with Crippen LogP contribution >= 0.6 is 15.9 Å². The number of aliphatic hydroxyl groups excluding tert-OH is 1. The second-order valence-electron chi connectivity index (χ2n) is 4.97. The van der Waals surface area contributed by atoms with Gasteiger partial charge in [-0.25, -0.2) is 4.39 Å². The second-order valence-corrected chi connectivity index (χ2v) is 5.89. The van der Waals surface area contributed by atoms with E-state index in [2.05, 4.69) is 15.9 Å². The van der Waals surface area contributed by atoms with E-state index < -0.39 is 29.8 Å². The molecule has 1 aliphatic rings. The van der Waals surface area contributed by atoms with E-state index >= 15 is 0 Å². The Morgan fingerprint density at radius 3 is 2.68 bits per heavy atom. The van der Waals surface area contributed by atoms with Crippen LogP contribution in [0, 0.1) is 17.7 Å². The number of hydrogen-bond donors (Lipinski definition) is 1. The summed E-state index contributed by atoms with van der Waals surface area (Å²) in [6.07, 6.45) is 1.42. The summed E-state index contributed by atoms with van der Waals surface area (Å²) in [4.78, 5) is 11.0. The SMILES string of the molecule is O=C(F)C1CCCCC1C(O)c1ccc(Br)cc1F. The van der Waals surface area contributed by atoms with Crippen LogP contribution in [0.4, 0.5) is 8.78 Å². The van der Waals surface area contributed by atoms with Crippen molar-refractivity contribution in [1.82, 2.24) is 0 Å². The Morgan fingerprint density at radius 2 is 2.05 bits per heavy atom. The zero-order chi connectivity index (χ0) is 14.0. The van der Waals surface area contributed by atoms with Gasteiger partial charge in [-0.1, -0.05) is 34.8 Å². The molecule has 19 heavy (non-hydrogen) atoms. The molecule has 1 aliphatic carbocycles. The molecule has 0 saturated heterocycles. The van der Waals surface area contributed by atoms with Gasteiger partial charge in [0.2, 0.25) is 0 Å². The summed E-state index contributed by atoms with van der Waals surface area (Å²) in [5, 5.41) is 10.3. The highest BCUT2D eigenvalue weighted by Crippen LogP contribution is 2.40. The Labute approximate surface area is 118 Å². The molecule has 104 valence electrons. The number of benzene rings is 1. The summed E-state index contributed by atoms with van der Waals surface area (Å²) >= 11 is 3.14. The number of rotatable bonds is 3. The molecule has 0 spiro atoms. The van der Waals surface area contributed by atoms with Crippen molar-refractivity contribution < 1.29 is 18.7 Å². The van der Waals surface area contributed by atoms with Gasteiger partial charge in [-0.05, 0) is 25.0 Å². The lowest BCUT2D eigenvalue weighted by molar-refractivity contribution is -0.139. The van der Waals surface area contributed by atoms with Crippen LogP contribution < -0.4 is 0 Å². The van der Waals surface area contributed by atoms with E-state index in [0.29, 0.717) is 17.3 Å². The Morgan fingerprint density at radius 1 is 1.37 bits per heavy atom. The van der Waals surface area contributed by atoms with Crippen molar-refractivity contribution in [2.75, 3.05) is 0 Å². The summed E-state index contributed by atoms with van der Waals surface area (Å²) in [5.41, 5.74) is 0.126. The maximum atomic E-state index is 13.8. The molecular weight excluding hydrogens is 318 g/mol. The largest absolute Gasteiger partial charge is 0.388 e. The van der Waals surface area contributed by atoms with Crippen LogP contribution in [0.1, 0.15) is 37.4 Å². The third-order valence-electron chi connectivity index (χ3n) is 3.80. The second kappa shape index (κ2) is 6.09. The maximum absolute atomic E-state index is 13.8. The van der Waals surface area contributed by atoms with Crippen LogP contribution in [-0.2, 0) is 4.79 Å². The fourth-order valence-electron chi connectivity index (χ4n) is 2.79. The number of aliphatic hydroxyl groups is 1. The van der Waals surface area contributed by atoms with Gasteiger partial charge in [-0.3, -0.25) is 4.79 Å². The predicted molar refractivity (Wildman–Crippen MR) is 70.6 cm³/mol. The number of carbonyl (C=O) groups is 1. The molecule has 1 saturated carbocycles. The molecule has 0 radical (unpaired) electrons. The lowest BCUT2D eigenvalue weighted by Crippen LogP contribution is -2.30. The van der Waals surface area contributed by atoms with E-state index in [4.69, 9.17) is 0 Å². The van der Waals surface area contributed by atoms with Crippen LogP contribution in [0.2, 0.25) is 0 Å². The molecule has 1 aromatic carbocycles. The van der Waals surface area contributed by atoms with Gasteiger partial charge < -0.3 is 5.11 Å². The normalized spacial score (nSPS) is 25.1. The van der Waals surface area contributed by atoms with Crippen molar-refractivity contribution in [2.24, 2.45) is 11.8 Å². The zero-order valence-electron chi connectivity index (χ0n) is 10.3. The van der Waals surface area contributed by atoms with Gasteiger partial charge in [0.15, 0.2) is 0 Å². The molecule has 0 heterocycles. The highest BCUT2D eigenvalue weighted by Gasteiger charge is 2.37. The van der Waals surface area contributed by atoms with Crippen molar-refractivity contribution in [3.05, 3.63) is 34.1 Å². The summed E-state index contributed by atoms with van der Waals surface area (Å²) < 4.78 is 27.4. The van der Waals surface area contributed by atoms with E-state index in [1.807, 2.05) is 0 Å². The summed E-state index contributed by atoms with van der Waals surface area (Å²) in [5.74, 6) is -1.90. The minimum Gasteiger partial charge on any atom is -0.388 e. The topological polar surface area (TPSA) is 37.3 Å². The zero-order valence-corrected chi connectivity index (χ0v) is 11.9. The number of carbonyl (C=O) groups excluding carboxylic acids is 1. The molecule has 0 aliphatic heterocycles. The fourth-order valence-corrected chi connectivity index (χ4v) is 3.12. The van der Waals surface area contributed by atoms with Crippen molar-refractivity contribution in [2.45, 2.75) is 31.8 Å². The van der Waals surface area contributed by atoms with Gasteiger partial charge in [0.05, 0.1) is 12.0 Å². The molecule has 1 N–H and O–H groups in total. The highest BCUT2D eigenvalue weighted by atomic mass is 79.9. The third kappa shape index (κ3) is 3.20. The van der Waals surface area contributed by atoms with Crippen LogP contribution in [0.5, 0.6) is 0 Å². The van der Waals surface area contributed by atoms with Crippen molar-refractivity contribution in [3.8, 4) is 0 Å². The molecule has 0 bridgehead atoms. The lowest BCUT2D eigenvalue weighted by atomic mass is 9.75. The molecule has 5 heteroatoms. The monoisotopic (exact) mass is 332 g/mol. The summed E-state index contributed by atoms with van der Waals surface area (Å²) in [6.45, 7) is 0. The minimum absolute atomic E-state index is 0.126. The summed E-state index contributed by atoms with van der Waals surface area (Å²) in [7, 11) is 0. The fraction of sp³-hybridized carbons (Fsp3) is 0.500. The van der Waals surface area contributed by atoms with Crippen molar-refractivity contribution >= 4 is 22.0 Å². The average molecular weight is 333 g/mol. The van der Waals surface area contributed by atoms with Crippen LogP contribution in [0.15, 0.2) is 22.7 Å². The Bertz CT molecular complexity index is 479. The molecule has 3 unspecified atom stereocenters. The first-order valence-corrected chi connectivity index (χ1v) is 7.12. The van der Waals surface area contributed by atoms with E-state index in [1.165, 1.54) is 12.1 Å². The molecule has 1 aromatic rings. The Balaban J connectivity index is 2.25. The summed E-state index contributed by atoms with van der Waals surface area (Å²) in [6, 6.07) is 2.95. The molecule has 1 fully saturated rings. The Hall–Kier alpha value is -0.810. The number of hydrogen-bond acceptors (Lipinski definition) is 2. The van der Waals surface area contributed by atoms with Gasteiger partial charge in [-0.2, -0.15) is 4.39 Å². The standard InChI is InChI=1S/C14H15BrF2O2/c15-8-5-6-11(12(16)7-8)13(18)9-3-1-2-4-10(9)14(17)19/h5-7,9-10,13,18H,1-4H2. The van der Waals surface area contributed by atoms with Gasteiger partial charge in [0, 0.05) is 16.0 Å². The number of halogens is 3. The van der Waals surface area contributed by atoms with Gasteiger partial charge in [0.25, 0.3) is 0 Å². The maximum Gasteiger partial charge on any atom is 0.304 e. The predicted octanol–water partition coefficient (Wildman–Crippen LogP) is 3.92. The average Bonchev–Trinajstić information content (AvgIpc) is 2.38. The highest BCUT2D eigenvalue weighted by molar-refractivity contribution is 9.10. The van der Waals surface area contributed by atoms with E-state index in [9.17, 15) is 18.7 Å².